The fraction of sp³-hybridized carbons (Fsp3) is 0.793. The molecule has 1 aromatic rings. The van der Waals surface area contributed by atoms with Gasteiger partial charge in [0.2, 0.25) is 6.85 Å². The summed E-state index contributed by atoms with van der Waals surface area (Å²) in [5.74, 6) is 2.04. The van der Waals surface area contributed by atoms with E-state index in [1.54, 1.807) is 0 Å². The Kier molecular flexibility index (Phi) is 9.24. The predicted octanol–water partition coefficient (Wildman–Crippen LogP) is 10.6. The zero-order valence-corrected chi connectivity index (χ0v) is 26.3. The first kappa shape index (κ1) is 30.2. The Bertz CT molecular complexity index is 838. The molecular formula is C29H49Cl2O2P. The molecule has 1 saturated carbocycles. The van der Waals surface area contributed by atoms with Crippen molar-refractivity contribution in [3.63, 3.8) is 0 Å². The highest BCUT2D eigenvalue weighted by Crippen LogP contribution is 2.59. The van der Waals surface area contributed by atoms with E-state index < -0.39 is 6.85 Å². The summed E-state index contributed by atoms with van der Waals surface area (Å²) in [5, 5.41) is 0. The van der Waals surface area contributed by atoms with Gasteiger partial charge in [0.05, 0.1) is 13.2 Å². The number of ether oxygens (including phenoxy) is 1. The molecular weight excluding hydrogens is 482 g/mol. The second-order valence-corrected chi connectivity index (χ2v) is 17.5. The van der Waals surface area contributed by atoms with Gasteiger partial charge >= 0.3 is 0 Å². The van der Waals surface area contributed by atoms with Gasteiger partial charge in [-0.15, -0.1) is 0 Å². The van der Waals surface area contributed by atoms with Crippen molar-refractivity contribution >= 4 is 29.3 Å². The summed E-state index contributed by atoms with van der Waals surface area (Å²) in [5.41, 5.74) is 4.05. The molecule has 0 bridgehead atoms. The molecule has 1 aromatic carbocycles. The third-order valence-corrected chi connectivity index (χ3v) is 8.68. The van der Waals surface area contributed by atoms with Crippen LogP contribution in [0.3, 0.4) is 0 Å². The first-order valence-electron chi connectivity index (χ1n) is 12.7. The van der Waals surface area contributed by atoms with Gasteiger partial charge in [-0.1, -0.05) is 95.2 Å². The van der Waals surface area contributed by atoms with Crippen LogP contribution in [-0.4, -0.2) is 13.2 Å². The maximum atomic E-state index is 6.45. The number of methoxy groups -OCH3 is 1. The third-order valence-electron chi connectivity index (χ3n) is 7.80. The van der Waals surface area contributed by atoms with E-state index in [1.807, 2.05) is 7.11 Å². The average Bonchev–Trinajstić information content (AvgIpc) is 2.63. The van der Waals surface area contributed by atoms with E-state index >= 15 is 0 Å². The maximum Gasteiger partial charge on any atom is 0.225 e. The Morgan fingerprint density at radius 3 is 1.74 bits per heavy atom. The molecule has 0 amide bonds. The second-order valence-electron chi connectivity index (χ2n) is 14.5. The van der Waals surface area contributed by atoms with Crippen molar-refractivity contribution in [2.24, 2.45) is 22.7 Å². The van der Waals surface area contributed by atoms with Crippen molar-refractivity contribution in [1.82, 2.24) is 0 Å². The van der Waals surface area contributed by atoms with Gasteiger partial charge in [0.15, 0.2) is 0 Å². The van der Waals surface area contributed by atoms with Crippen molar-refractivity contribution in [2.75, 3.05) is 7.11 Å². The molecule has 0 aliphatic heterocycles. The highest BCUT2D eigenvalue weighted by atomic mass is 35.9. The third kappa shape index (κ3) is 7.06. The minimum atomic E-state index is -1.53. The van der Waals surface area contributed by atoms with Crippen LogP contribution in [0.25, 0.3) is 0 Å². The molecule has 1 fully saturated rings. The summed E-state index contributed by atoms with van der Waals surface area (Å²) >= 11 is 12.7. The van der Waals surface area contributed by atoms with Crippen LogP contribution in [0.2, 0.25) is 0 Å². The Balaban J connectivity index is 2.88. The van der Waals surface area contributed by atoms with Gasteiger partial charge in [-0.25, -0.2) is 0 Å². The van der Waals surface area contributed by atoms with E-state index in [1.165, 1.54) is 16.7 Å². The summed E-state index contributed by atoms with van der Waals surface area (Å²) < 4.78 is 12.7. The van der Waals surface area contributed by atoms with Crippen LogP contribution in [0.5, 0.6) is 5.75 Å². The zero-order chi connectivity index (χ0) is 26.4. The SMILES string of the molecule is COc1c(C2CC(C(C)(C)C)CC(C(C)(C)C)C2OP(Cl)Cl)cc(C(C)(C)C)cc1C(C)(C)C. The average molecular weight is 532 g/mol. The van der Waals surface area contributed by atoms with Gasteiger partial charge in [-0.3, -0.25) is 0 Å². The van der Waals surface area contributed by atoms with Crippen LogP contribution >= 0.6 is 29.3 Å². The molecule has 196 valence electrons. The van der Waals surface area contributed by atoms with E-state index in [2.05, 4.69) is 95.2 Å². The highest BCUT2D eigenvalue weighted by Gasteiger charge is 2.48. The van der Waals surface area contributed by atoms with Crippen molar-refractivity contribution in [2.45, 2.75) is 119 Å². The molecule has 4 unspecified atom stereocenters. The van der Waals surface area contributed by atoms with Gasteiger partial charge in [0.25, 0.3) is 0 Å². The van der Waals surface area contributed by atoms with Crippen molar-refractivity contribution in [3.8, 4) is 5.75 Å². The Morgan fingerprint density at radius 2 is 1.35 bits per heavy atom. The minimum absolute atomic E-state index is 0.0183. The summed E-state index contributed by atoms with van der Waals surface area (Å²) in [6, 6.07) is 4.73. The van der Waals surface area contributed by atoms with E-state index in [9.17, 15) is 0 Å². The Morgan fingerprint density at radius 1 is 0.794 bits per heavy atom. The quantitative estimate of drug-likeness (QED) is 0.360. The molecule has 34 heavy (non-hydrogen) atoms. The lowest BCUT2D eigenvalue weighted by Gasteiger charge is -2.50. The number of hydrogen-bond acceptors (Lipinski definition) is 2. The number of hydrogen-bond donors (Lipinski definition) is 0. The molecule has 2 nitrogen and oxygen atoms in total. The fourth-order valence-corrected chi connectivity index (χ4v) is 6.53. The molecule has 0 saturated heterocycles. The number of halogens is 2. The molecule has 0 heterocycles. The van der Waals surface area contributed by atoms with Crippen LogP contribution in [0, 0.1) is 22.7 Å². The second kappa shape index (κ2) is 10.4. The molecule has 0 aromatic heterocycles. The van der Waals surface area contributed by atoms with Crippen LogP contribution in [0.1, 0.15) is 119 Å². The van der Waals surface area contributed by atoms with Gasteiger partial charge in [-0.2, -0.15) is 0 Å². The fourth-order valence-electron chi connectivity index (χ4n) is 5.50. The molecule has 2 rings (SSSR count). The van der Waals surface area contributed by atoms with Gasteiger partial charge in [0, 0.05) is 17.0 Å². The van der Waals surface area contributed by atoms with E-state index in [4.69, 9.17) is 31.7 Å². The molecule has 1 aliphatic rings. The van der Waals surface area contributed by atoms with Crippen molar-refractivity contribution in [1.29, 1.82) is 0 Å². The smallest absolute Gasteiger partial charge is 0.225 e. The standard InChI is InChI=1S/C29H49Cl2O2P/c1-26(2,3)18-14-20(24(32-13)22(16-18)28(7,8)9)21-15-19(27(4,5)6)17-23(29(10,11)12)25(21)33-34(30)31/h14,16,19,21,23,25H,15,17H2,1-13H3. The molecule has 4 atom stereocenters. The van der Waals surface area contributed by atoms with Crippen molar-refractivity contribution in [3.05, 3.63) is 28.8 Å². The first-order chi connectivity index (χ1) is 15.2. The molecule has 0 spiro atoms. The van der Waals surface area contributed by atoms with E-state index in [0.29, 0.717) is 11.8 Å². The topological polar surface area (TPSA) is 18.5 Å². The zero-order valence-electron chi connectivity index (χ0n) is 23.9. The van der Waals surface area contributed by atoms with Gasteiger partial charge in [-0.05, 0) is 74.4 Å². The molecule has 1 aliphatic carbocycles. The largest absolute Gasteiger partial charge is 0.496 e. The lowest BCUT2D eigenvalue weighted by Crippen LogP contribution is -2.45. The summed E-state index contributed by atoms with van der Waals surface area (Å²) in [4.78, 5) is 0. The molecule has 0 N–H and O–H groups in total. The normalized spacial score (nSPS) is 25.1. The lowest BCUT2D eigenvalue weighted by atomic mass is 9.57. The summed E-state index contributed by atoms with van der Waals surface area (Å²) in [7, 11) is 1.81. The maximum absolute atomic E-state index is 6.45. The van der Waals surface area contributed by atoms with Gasteiger partial charge < -0.3 is 9.26 Å². The van der Waals surface area contributed by atoms with Crippen LogP contribution in [0.15, 0.2) is 12.1 Å². The Labute approximate surface area is 221 Å². The molecule has 5 heteroatoms. The van der Waals surface area contributed by atoms with Crippen molar-refractivity contribution < 1.29 is 9.26 Å². The van der Waals surface area contributed by atoms with E-state index in [-0.39, 0.29) is 33.7 Å². The number of rotatable bonds is 4. The predicted molar refractivity (Wildman–Crippen MR) is 152 cm³/mol. The minimum Gasteiger partial charge on any atom is -0.496 e. The summed E-state index contributed by atoms with van der Waals surface area (Å²) in [6.45, 7) is 26.2. The van der Waals surface area contributed by atoms with Crippen LogP contribution in [-0.2, 0) is 15.4 Å². The highest BCUT2D eigenvalue weighted by molar-refractivity contribution is 8.00. The Hall–Kier alpha value is -0.0100. The van der Waals surface area contributed by atoms with Crippen LogP contribution in [0.4, 0.5) is 0 Å². The van der Waals surface area contributed by atoms with Crippen LogP contribution < -0.4 is 4.74 Å². The monoisotopic (exact) mass is 530 g/mol. The summed E-state index contributed by atoms with van der Waals surface area (Å²) in [6.07, 6.45) is 2.08. The van der Waals surface area contributed by atoms with Gasteiger partial charge in [0.1, 0.15) is 5.75 Å². The molecule has 0 radical (unpaired) electrons. The van der Waals surface area contributed by atoms with E-state index in [0.717, 1.165) is 18.6 Å². The number of benzene rings is 1. The first-order valence-corrected chi connectivity index (χ1v) is 15.8. The lowest BCUT2D eigenvalue weighted by molar-refractivity contribution is -0.0239.